The Labute approximate surface area is 104 Å². The SMILES string of the molecule is CC(C)(C)c1cc2c(c(C(C)(C)C)c1)OCO2. The molecule has 0 spiro atoms. The van der Waals surface area contributed by atoms with Crippen LogP contribution < -0.4 is 9.47 Å². The van der Waals surface area contributed by atoms with E-state index in [1.807, 2.05) is 0 Å². The van der Waals surface area contributed by atoms with E-state index in [4.69, 9.17) is 9.47 Å². The molecular formula is C15H22O2. The molecule has 0 aliphatic carbocycles. The molecule has 0 saturated carbocycles. The molecule has 0 bridgehead atoms. The molecule has 1 heterocycles. The van der Waals surface area contributed by atoms with Crippen molar-refractivity contribution in [2.24, 2.45) is 0 Å². The predicted octanol–water partition coefficient (Wildman–Crippen LogP) is 4.01. The lowest BCUT2D eigenvalue weighted by atomic mass is 9.80. The van der Waals surface area contributed by atoms with Crippen LogP contribution >= 0.6 is 0 Å². The molecule has 2 rings (SSSR count). The van der Waals surface area contributed by atoms with Crippen molar-refractivity contribution in [3.63, 3.8) is 0 Å². The van der Waals surface area contributed by atoms with E-state index in [0.29, 0.717) is 6.79 Å². The van der Waals surface area contributed by atoms with Gasteiger partial charge in [-0.2, -0.15) is 0 Å². The standard InChI is InChI=1S/C15H22O2/c1-14(2,3)10-7-11(15(4,5)6)13-12(8-10)16-9-17-13/h7-8H,9H2,1-6H3. The van der Waals surface area contributed by atoms with Crippen LogP contribution in [0.5, 0.6) is 11.5 Å². The maximum Gasteiger partial charge on any atom is 0.231 e. The van der Waals surface area contributed by atoms with E-state index in [1.54, 1.807) is 0 Å². The van der Waals surface area contributed by atoms with Gasteiger partial charge >= 0.3 is 0 Å². The quantitative estimate of drug-likeness (QED) is 0.675. The summed E-state index contributed by atoms with van der Waals surface area (Å²) < 4.78 is 11.1. The van der Waals surface area contributed by atoms with Crippen LogP contribution in [0.4, 0.5) is 0 Å². The van der Waals surface area contributed by atoms with Crippen molar-refractivity contribution >= 4 is 0 Å². The Morgan fingerprint density at radius 1 is 0.882 bits per heavy atom. The molecule has 1 aromatic rings. The van der Waals surface area contributed by atoms with E-state index in [2.05, 4.69) is 53.7 Å². The fraction of sp³-hybridized carbons (Fsp3) is 0.600. The van der Waals surface area contributed by atoms with Gasteiger partial charge in [-0.3, -0.25) is 0 Å². The van der Waals surface area contributed by atoms with E-state index >= 15 is 0 Å². The molecule has 2 nitrogen and oxygen atoms in total. The predicted molar refractivity (Wildman–Crippen MR) is 70.0 cm³/mol. The topological polar surface area (TPSA) is 18.5 Å². The highest BCUT2D eigenvalue weighted by Crippen LogP contribution is 2.44. The zero-order chi connectivity index (χ0) is 12.8. The van der Waals surface area contributed by atoms with E-state index in [0.717, 1.165) is 11.5 Å². The average molecular weight is 234 g/mol. The molecule has 1 aromatic carbocycles. The largest absolute Gasteiger partial charge is 0.454 e. The van der Waals surface area contributed by atoms with Gasteiger partial charge in [-0.15, -0.1) is 0 Å². The van der Waals surface area contributed by atoms with E-state index in [1.165, 1.54) is 11.1 Å². The maximum atomic E-state index is 5.60. The smallest absolute Gasteiger partial charge is 0.231 e. The van der Waals surface area contributed by atoms with Crippen molar-refractivity contribution in [3.8, 4) is 11.5 Å². The number of benzene rings is 1. The van der Waals surface area contributed by atoms with Gasteiger partial charge in [0.25, 0.3) is 0 Å². The number of fused-ring (bicyclic) bond motifs is 1. The van der Waals surface area contributed by atoms with Gasteiger partial charge in [-0.25, -0.2) is 0 Å². The van der Waals surface area contributed by atoms with Crippen molar-refractivity contribution in [2.45, 2.75) is 52.4 Å². The highest BCUT2D eigenvalue weighted by molar-refractivity contribution is 5.54. The van der Waals surface area contributed by atoms with Crippen LogP contribution in [-0.4, -0.2) is 6.79 Å². The fourth-order valence-electron chi connectivity index (χ4n) is 2.00. The second kappa shape index (κ2) is 3.66. The Morgan fingerprint density at radius 3 is 2.06 bits per heavy atom. The van der Waals surface area contributed by atoms with Crippen molar-refractivity contribution in [3.05, 3.63) is 23.3 Å². The number of hydrogen-bond donors (Lipinski definition) is 0. The third kappa shape index (κ3) is 2.26. The Kier molecular flexibility index (Phi) is 2.64. The minimum Gasteiger partial charge on any atom is -0.454 e. The molecular weight excluding hydrogens is 212 g/mol. The molecule has 0 amide bonds. The van der Waals surface area contributed by atoms with Gasteiger partial charge in [0, 0.05) is 5.56 Å². The summed E-state index contributed by atoms with van der Waals surface area (Å²) >= 11 is 0. The van der Waals surface area contributed by atoms with Gasteiger partial charge in [0.1, 0.15) is 0 Å². The lowest BCUT2D eigenvalue weighted by molar-refractivity contribution is 0.172. The van der Waals surface area contributed by atoms with E-state index < -0.39 is 0 Å². The second-order valence-corrected chi connectivity index (χ2v) is 6.76. The highest BCUT2D eigenvalue weighted by atomic mass is 16.7. The van der Waals surface area contributed by atoms with Crippen LogP contribution in [-0.2, 0) is 10.8 Å². The molecule has 2 heteroatoms. The van der Waals surface area contributed by atoms with Gasteiger partial charge in [0.05, 0.1) is 0 Å². The summed E-state index contributed by atoms with van der Waals surface area (Å²) in [6.45, 7) is 13.6. The molecule has 0 saturated heterocycles. The molecule has 94 valence electrons. The fourth-order valence-corrected chi connectivity index (χ4v) is 2.00. The number of hydrogen-bond acceptors (Lipinski definition) is 2. The monoisotopic (exact) mass is 234 g/mol. The molecule has 17 heavy (non-hydrogen) atoms. The normalized spacial score (nSPS) is 15.2. The molecule has 1 aliphatic rings. The minimum absolute atomic E-state index is 0.0685. The van der Waals surface area contributed by atoms with Gasteiger partial charge in [-0.1, -0.05) is 47.6 Å². The molecule has 0 N–H and O–H groups in total. The minimum atomic E-state index is 0.0685. The molecule has 0 unspecified atom stereocenters. The van der Waals surface area contributed by atoms with Crippen LogP contribution in [0.25, 0.3) is 0 Å². The lowest BCUT2D eigenvalue weighted by Crippen LogP contribution is -2.16. The lowest BCUT2D eigenvalue weighted by Gasteiger charge is -2.26. The summed E-state index contributed by atoms with van der Waals surface area (Å²) in [5.41, 5.74) is 2.73. The van der Waals surface area contributed by atoms with Gasteiger partial charge in [0.15, 0.2) is 11.5 Å². The Balaban J connectivity index is 2.62. The first kappa shape index (κ1) is 12.3. The zero-order valence-corrected chi connectivity index (χ0v) is 11.7. The average Bonchev–Trinajstić information content (AvgIpc) is 2.59. The zero-order valence-electron chi connectivity index (χ0n) is 11.7. The van der Waals surface area contributed by atoms with Crippen molar-refractivity contribution in [2.75, 3.05) is 6.79 Å². The number of ether oxygens (including phenoxy) is 2. The summed E-state index contributed by atoms with van der Waals surface area (Å²) in [7, 11) is 0. The number of rotatable bonds is 0. The molecule has 0 radical (unpaired) electrons. The van der Waals surface area contributed by atoms with Gasteiger partial charge in [-0.05, 0) is 22.5 Å². The molecule has 0 aromatic heterocycles. The maximum absolute atomic E-state index is 5.60. The Bertz CT molecular complexity index is 433. The first-order chi connectivity index (χ1) is 7.69. The van der Waals surface area contributed by atoms with Crippen LogP contribution in [0.2, 0.25) is 0 Å². The third-order valence-corrected chi connectivity index (χ3v) is 3.15. The first-order valence-electron chi connectivity index (χ1n) is 6.14. The summed E-state index contributed by atoms with van der Waals surface area (Å²) in [6.07, 6.45) is 0. The summed E-state index contributed by atoms with van der Waals surface area (Å²) in [4.78, 5) is 0. The molecule has 0 atom stereocenters. The second-order valence-electron chi connectivity index (χ2n) is 6.76. The summed E-state index contributed by atoms with van der Waals surface area (Å²) in [5, 5.41) is 0. The van der Waals surface area contributed by atoms with Crippen LogP contribution in [0.1, 0.15) is 52.7 Å². The molecule has 1 aliphatic heterocycles. The van der Waals surface area contributed by atoms with Crippen molar-refractivity contribution in [1.29, 1.82) is 0 Å². The van der Waals surface area contributed by atoms with Crippen LogP contribution in [0, 0.1) is 0 Å². The first-order valence-corrected chi connectivity index (χ1v) is 6.14. The Morgan fingerprint density at radius 2 is 1.53 bits per heavy atom. The molecule has 0 fully saturated rings. The van der Waals surface area contributed by atoms with Crippen molar-refractivity contribution < 1.29 is 9.47 Å². The van der Waals surface area contributed by atoms with E-state index in [-0.39, 0.29) is 10.8 Å². The van der Waals surface area contributed by atoms with Gasteiger partial charge in [0.2, 0.25) is 6.79 Å². The summed E-state index contributed by atoms with van der Waals surface area (Å²) in [6, 6.07) is 4.37. The highest BCUT2D eigenvalue weighted by Gasteiger charge is 2.29. The van der Waals surface area contributed by atoms with Crippen LogP contribution in [0.15, 0.2) is 12.1 Å². The van der Waals surface area contributed by atoms with E-state index in [9.17, 15) is 0 Å². The van der Waals surface area contributed by atoms with Gasteiger partial charge < -0.3 is 9.47 Å². The third-order valence-electron chi connectivity index (χ3n) is 3.15. The Hall–Kier alpha value is -1.18. The van der Waals surface area contributed by atoms with Crippen LogP contribution in [0.3, 0.4) is 0 Å². The summed E-state index contributed by atoms with van der Waals surface area (Å²) in [5.74, 6) is 1.81. The van der Waals surface area contributed by atoms with Crippen molar-refractivity contribution in [1.82, 2.24) is 0 Å².